The number of carbonyl (C=O) groups is 2. The van der Waals surface area contributed by atoms with Crippen molar-refractivity contribution in [3.8, 4) is 5.75 Å². The quantitative estimate of drug-likeness (QED) is 0.528. The van der Waals surface area contributed by atoms with Gasteiger partial charge in [0.25, 0.3) is 0 Å². The summed E-state index contributed by atoms with van der Waals surface area (Å²) in [6.45, 7) is 0.401. The number of hydrogen-bond donors (Lipinski definition) is 5. The van der Waals surface area contributed by atoms with Gasteiger partial charge in [-0.25, -0.2) is 14.6 Å². The fraction of sp³-hybridized carbons (Fsp3) is 0.154. The molecule has 0 saturated heterocycles. The van der Waals surface area contributed by atoms with Crippen LogP contribution in [-0.2, 0) is 6.42 Å². The zero-order valence-electron chi connectivity index (χ0n) is 11.0. The van der Waals surface area contributed by atoms with E-state index in [1.807, 2.05) is 0 Å². The average molecular weight is 290 g/mol. The van der Waals surface area contributed by atoms with Crippen LogP contribution in [0.2, 0.25) is 0 Å². The third-order valence-corrected chi connectivity index (χ3v) is 2.72. The molecule has 2 aromatic rings. The molecule has 1 aromatic heterocycles. The summed E-state index contributed by atoms with van der Waals surface area (Å²) in [4.78, 5) is 29.3. The number of anilines is 1. The molecule has 0 radical (unpaired) electrons. The van der Waals surface area contributed by atoms with Gasteiger partial charge in [0.15, 0.2) is 0 Å². The number of hydrogen-bond acceptors (Lipinski definition) is 4. The maximum Gasteiger partial charge on any atom is 0.339 e. The second-order valence-electron chi connectivity index (χ2n) is 4.24. The number of carboxylic acids is 1. The standard InChI is InChI=1S/C13H14N4O4/c18-11-2-1-8(5-10(11)12(19)20)17-13(21)15-4-3-9-6-14-7-16-9/h1-2,5-7,18H,3-4H2,(H,14,16)(H,19,20)(H2,15,17,21). The van der Waals surface area contributed by atoms with Crippen LogP contribution in [0.15, 0.2) is 30.7 Å². The molecule has 0 bridgehead atoms. The number of carboxylic acid groups (broad SMARTS) is 1. The molecule has 2 rings (SSSR count). The highest BCUT2D eigenvalue weighted by molar-refractivity contribution is 5.95. The van der Waals surface area contributed by atoms with Gasteiger partial charge in [-0.2, -0.15) is 0 Å². The number of aromatic hydroxyl groups is 1. The Morgan fingerprint density at radius 2 is 2.14 bits per heavy atom. The van der Waals surface area contributed by atoms with Gasteiger partial charge in [0, 0.05) is 30.5 Å². The zero-order chi connectivity index (χ0) is 15.2. The normalized spacial score (nSPS) is 10.1. The van der Waals surface area contributed by atoms with E-state index in [9.17, 15) is 14.7 Å². The topological polar surface area (TPSA) is 127 Å². The lowest BCUT2D eigenvalue weighted by Gasteiger charge is -2.08. The zero-order valence-corrected chi connectivity index (χ0v) is 11.0. The molecule has 1 heterocycles. The fourth-order valence-electron chi connectivity index (χ4n) is 1.69. The molecule has 2 amide bonds. The maximum atomic E-state index is 11.6. The first-order chi connectivity index (χ1) is 10.1. The summed E-state index contributed by atoms with van der Waals surface area (Å²) in [7, 11) is 0. The second-order valence-corrected chi connectivity index (χ2v) is 4.24. The Morgan fingerprint density at radius 1 is 1.33 bits per heavy atom. The third kappa shape index (κ3) is 3.96. The Balaban J connectivity index is 1.87. The van der Waals surface area contributed by atoms with Crippen molar-refractivity contribution in [3.63, 3.8) is 0 Å². The molecule has 0 aliphatic heterocycles. The summed E-state index contributed by atoms with van der Waals surface area (Å²) in [5, 5.41) is 23.4. The van der Waals surface area contributed by atoms with E-state index in [4.69, 9.17) is 5.11 Å². The van der Waals surface area contributed by atoms with E-state index in [1.54, 1.807) is 12.5 Å². The van der Waals surface area contributed by atoms with Crippen LogP contribution >= 0.6 is 0 Å². The van der Waals surface area contributed by atoms with E-state index in [0.717, 1.165) is 5.69 Å². The molecular weight excluding hydrogens is 276 g/mol. The van der Waals surface area contributed by atoms with Gasteiger partial charge >= 0.3 is 12.0 Å². The number of aromatic amines is 1. The number of phenols is 1. The van der Waals surface area contributed by atoms with Crippen molar-refractivity contribution in [2.45, 2.75) is 6.42 Å². The van der Waals surface area contributed by atoms with Crippen LogP contribution in [0, 0.1) is 0 Å². The highest BCUT2D eigenvalue weighted by Gasteiger charge is 2.11. The molecule has 5 N–H and O–H groups in total. The van der Waals surface area contributed by atoms with Gasteiger partial charge in [-0.3, -0.25) is 0 Å². The van der Waals surface area contributed by atoms with Gasteiger partial charge in [-0.05, 0) is 18.2 Å². The molecule has 0 spiro atoms. The predicted molar refractivity (Wildman–Crippen MR) is 74.4 cm³/mol. The number of H-pyrrole nitrogens is 1. The average Bonchev–Trinajstić information content (AvgIpc) is 2.94. The molecule has 1 aromatic carbocycles. The molecule has 8 heteroatoms. The number of nitrogens with zero attached hydrogens (tertiary/aromatic N) is 1. The Morgan fingerprint density at radius 3 is 2.81 bits per heavy atom. The molecule has 0 unspecified atom stereocenters. The third-order valence-electron chi connectivity index (χ3n) is 2.72. The van der Waals surface area contributed by atoms with Crippen molar-refractivity contribution >= 4 is 17.7 Å². The first-order valence-electron chi connectivity index (χ1n) is 6.14. The van der Waals surface area contributed by atoms with Crippen LogP contribution in [0.3, 0.4) is 0 Å². The molecule has 0 saturated carbocycles. The van der Waals surface area contributed by atoms with Gasteiger partial charge in [-0.15, -0.1) is 0 Å². The molecule has 8 nitrogen and oxygen atoms in total. The Kier molecular flexibility index (Phi) is 4.39. The smallest absolute Gasteiger partial charge is 0.339 e. The Labute approximate surface area is 119 Å². The predicted octanol–water partition coefficient (Wildman–Crippen LogP) is 1.18. The molecule has 0 aliphatic carbocycles. The number of aromatic nitrogens is 2. The molecular formula is C13H14N4O4. The molecule has 0 fully saturated rings. The van der Waals surface area contributed by atoms with Crippen molar-refractivity contribution in [1.29, 1.82) is 0 Å². The van der Waals surface area contributed by atoms with Crippen molar-refractivity contribution in [2.24, 2.45) is 0 Å². The van der Waals surface area contributed by atoms with Crippen LogP contribution in [0.5, 0.6) is 5.75 Å². The number of urea groups is 1. The highest BCUT2D eigenvalue weighted by Crippen LogP contribution is 2.21. The first kappa shape index (κ1) is 14.4. The monoisotopic (exact) mass is 290 g/mol. The number of rotatable bonds is 5. The van der Waals surface area contributed by atoms with Crippen LogP contribution < -0.4 is 10.6 Å². The van der Waals surface area contributed by atoms with Crippen molar-refractivity contribution in [2.75, 3.05) is 11.9 Å². The minimum atomic E-state index is -1.27. The summed E-state index contributed by atoms with van der Waals surface area (Å²) >= 11 is 0. The fourth-order valence-corrected chi connectivity index (χ4v) is 1.69. The second kappa shape index (κ2) is 6.42. The Bertz CT molecular complexity index is 640. The lowest BCUT2D eigenvalue weighted by molar-refractivity contribution is 0.0693. The number of imidazole rings is 1. The molecule has 0 aliphatic rings. The van der Waals surface area contributed by atoms with Gasteiger partial charge in [-0.1, -0.05) is 0 Å². The summed E-state index contributed by atoms with van der Waals surface area (Å²) < 4.78 is 0. The molecule has 21 heavy (non-hydrogen) atoms. The minimum Gasteiger partial charge on any atom is -0.507 e. The highest BCUT2D eigenvalue weighted by atomic mass is 16.4. The largest absolute Gasteiger partial charge is 0.507 e. The lowest BCUT2D eigenvalue weighted by Crippen LogP contribution is -2.30. The van der Waals surface area contributed by atoms with E-state index in [-0.39, 0.29) is 17.0 Å². The van der Waals surface area contributed by atoms with E-state index < -0.39 is 12.0 Å². The SMILES string of the molecule is O=C(NCCc1cnc[nH]1)Nc1ccc(O)c(C(=O)O)c1. The van der Waals surface area contributed by atoms with Crippen molar-refractivity contribution < 1.29 is 19.8 Å². The summed E-state index contributed by atoms with van der Waals surface area (Å²) in [6.07, 6.45) is 3.82. The molecule has 0 atom stereocenters. The van der Waals surface area contributed by atoms with E-state index in [1.165, 1.54) is 18.2 Å². The van der Waals surface area contributed by atoms with E-state index in [2.05, 4.69) is 20.6 Å². The van der Waals surface area contributed by atoms with Crippen LogP contribution in [0.1, 0.15) is 16.1 Å². The van der Waals surface area contributed by atoms with Crippen LogP contribution in [0.4, 0.5) is 10.5 Å². The minimum absolute atomic E-state index is 0.273. The van der Waals surface area contributed by atoms with Gasteiger partial charge in [0.1, 0.15) is 11.3 Å². The van der Waals surface area contributed by atoms with Gasteiger partial charge < -0.3 is 25.8 Å². The lowest BCUT2D eigenvalue weighted by atomic mass is 10.2. The Hall–Kier alpha value is -3.03. The number of nitrogens with one attached hydrogen (secondary N) is 3. The van der Waals surface area contributed by atoms with Crippen LogP contribution in [-0.4, -0.2) is 38.7 Å². The summed E-state index contributed by atoms with van der Waals surface area (Å²) in [6, 6.07) is 3.35. The summed E-state index contributed by atoms with van der Waals surface area (Å²) in [5.41, 5.74) is 0.905. The van der Waals surface area contributed by atoms with E-state index in [0.29, 0.717) is 13.0 Å². The van der Waals surface area contributed by atoms with Crippen molar-refractivity contribution in [3.05, 3.63) is 42.0 Å². The number of carbonyl (C=O) groups excluding carboxylic acids is 1. The molecule has 110 valence electrons. The maximum absolute atomic E-state index is 11.6. The first-order valence-corrected chi connectivity index (χ1v) is 6.14. The van der Waals surface area contributed by atoms with Crippen molar-refractivity contribution in [1.82, 2.24) is 15.3 Å². The number of benzene rings is 1. The van der Waals surface area contributed by atoms with Gasteiger partial charge in [0.2, 0.25) is 0 Å². The number of aromatic carboxylic acids is 1. The summed E-state index contributed by atoms with van der Waals surface area (Å²) in [5.74, 6) is -1.62. The van der Waals surface area contributed by atoms with Crippen LogP contribution in [0.25, 0.3) is 0 Å². The number of amides is 2. The van der Waals surface area contributed by atoms with E-state index >= 15 is 0 Å². The van der Waals surface area contributed by atoms with Gasteiger partial charge in [0.05, 0.1) is 6.33 Å².